The highest BCUT2D eigenvalue weighted by Crippen LogP contribution is 2.51. The molecule has 0 radical (unpaired) electrons. The van der Waals surface area contributed by atoms with Gasteiger partial charge in [-0.05, 0) is 48.6 Å². The molecule has 0 aromatic heterocycles. The molecule has 0 saturated heterocycles. The Morgan fingerprint density at radius 3 is 2.50 bits per heavy atom. The maximum absolute atomic E-state index is 12.3. The van der Waals surface area contributed by atoms with Crippen LogP contribution in [0.15, 0.2) is 30.3 Å². The van der Waals surface area contributed by atoms with Gasteiger partial charge in [-0.15, -0.1) is 0 Å². The van der Waals surface area contributed by atoms with Crippen LogP contribution in [0.4, 0.5) is 0 Å². The fraction of sp³-hybridized carbons (Fsp3) is 0.440. The molecule has 1 atom stereocenters. The van der Waals surface area contributed by atoms with E-state index in [1.165, 1.54) is 13.2 Å². The molecule has 1 unspecified atom stereocenters. The summed E-state index contributed by atoms with van der Waals surface area (Å²) < 4.78 is 44.9. The van der Waals surface area contributed by atoms with Crippen molar-refractivity contribution in [1.82, 2.24) is 0 Å². The predicted octanol–water partition coefficient (Wildman–Crippen LogP) is 4.70. The standard InChI is InChI=1S/C25H28O7/c1-14(2)22(25(24(27)28)10-5-11-25)32-20-17(8-9-19(29-3)21(20)30-4)15-6-7-18-16(12-15)13-31-23(18)26/h6-9,12,14,22H,5,10-11,13H2,1-4H3,(H,27,28)/i3D3. The van der Waals surface area contributed by atoms with E-state index in [0.717, 1.165) is 6.42 Å². The number of carbonyl (C=O) groups excluding carboxylic acids is 1. The van der Waals surface area contributed by atoms with Gasteiger partial charge in [-0.2, -0.15) is 0 Å². The number of aliphatic carboxylic acids is 1. The van der Waals surface area contributed by atoms with Gasteiger partial charge in [-0.3, -0.25) is 4.79 Å². The van der Waals surface area contributed by atoms with Crippen molar-refractivity contribution >= 4 is 11.9 Å². The molecule has 1 aliphatic heterocycles. The van der Waals surface area contributed by atoms with Gasteiger partial charge in [0.1, 0.15) is 18.1 Å². The molecule has 2 aliphatic rings. The summed E-state index contributed by atoms with van der Waals surface area (Å²) in [6, 6.07) is 8.31. The van der Waals surface area contributed by atoms with Gasteiger partial charge in [0.2, 0.25) is 5.75 Å². The Morgan fingerprint density at radius 2 is 1.91 bits per heavy atom. The van der Waals surface area contributed by atoms with E-state index in [9.17, 15) is 14.7 Å². The zero-order valence-corrected chi connectivity index (χ0v) is 18.3. The zero-order chi connectivity index (χ0) is 25.5. The maximum atomic E-state index is 12.3. The number of hydrogen-bond donors (Lipinski definition) is 1. The summed E-state index contributed by atoms with van der Waals surface area (Å²) in [5.74, 6) is -1.29. The molecular weight excluding hydrogens is 412 g/mol. The van der Waals surface area contributed by atoms with Gasteiger partial charge >= 0.3 is 11.9 Å². The number of rotatable bonds is 8. The minimum Gasteiger partial charge on any atom is -0.493 e. The second kappa shape index (κ2) is 8.37. The minimum atomic E-state index is -2.73. The fourth-order valence-electron chi connectivity index (χ4n) is 4.66. The van der Waals surface area contributed by atoms with Gasteiger partial charge in [-0.1, -0.05) is 26.3 Å². The molecule has 7 nitrogen and oxygen atoms in total. The molecule has 1 aliphatic carbocycles. The predicted molar refractivity (Wildman–Crippen MR) is 117 cm³/mol. The quantitative estimate of drug-likeness (QED) is 0.591. The van der Waals surface area contributed by atoms with Crippen LogP contribution in [0.1, 0.15) is 53.1 Å². The van der Waals surface area contributed by atoms with Crippen molar-refractivity contribution in [3.05, 3.63) is 41.5 Å². The number of fused-ring (bicyclic) bond motifs is 1. The molecule has 1 fully saturated rings. The molecular formula is C25H28O7. The van der Waals surface area contributed by atoms with Crippen LogP contribution < -0.4 is 14.2 Å². The Morgan fingerprint density at radius 1 is 1.16 bits per heavy atom. The van der Waals surface area contributed by atoms with Crippen molar-refractivity contribution < 1.29 is 37.8 Å². The Balaban J connectivity index is 1.87. The van der Waals surface area contributed by atoms with Crippen LogP contribution in [0.2, 0.25) is 0 Å². The van der Waals surface area contributed by atoms with E-state index in [0.29, 0.717) is 35.1 Å². The number of cyclic esters (lactones) is 1. The van der Waals surface area contributed by atoms with Gasteiger partial charge in [0.15, 0.2) is 11.5 Å². The van der Waals surface area contributed by atoms with Gasteiger partial charge in [0.05, 0.1) is 23.8 Å². The van der Waals surface area contributed by atoms with Crippen LogP contribution in [0, 0.1) is 11.3 Å². The Kier molecular flexibility index (Phi) is 4.80. The number of methoxy groups -OCH3 is 2. The molecule has 2 aromatic carbocycles. The summed E-state index contributed by atoms with van der Waals surface area (Å²) in [6.07, 6.45) is 1.03. The number of esters is 1. The molecule has 1 saturated carbocycles. The number of carboxylic acid groups (broad SMARTS) is 1. The van der Waals surface area contributed by atoms with Crippen LogP contribution in [-0.4, -0.2) is 37.3 Å². The summed E-state index contributed by atoms with van der Waals surface area (Å²) in [4.78, 5) is 24.2. The van der Waals surface area contributed by atoms with Crippen LogP contribution in [0.25, 0.3) is 11.1 Å². The first kappa shape index (κ1) is 18.4. The van der Waals surface area contributed by atoms with E-state index in [1.54, 1.807) is 24.3 Å². The first-order valence-corrected chi connectivity index (χ1v) is 10.6. The molecule has 4 rings (SSSR count). The van der Waals surface area contributed by atoms with Crippen LogP contribution in [0.5, 0.6) is 17.2 Å². The van der Waals surface area contributed by atoms with Crippen molar-refractivity contribution in [1.29, 1.82) is 0 Å². The average Bonchev–Trinajstić information content (AvgIpc) is 3.11. The van der Waals surface area contributed by atoms with Gasteiger partial charge in [0.25, 0.3) is 0 Å². The maximum Gasteiger partial charge on any atom is 0.338 e. The highest BCUT2D eigenvalue weighted by atomic mass is 16.5. The number of benzene rings is 2. The topological polar surface area (TPSA) is 91.3 Å². The molecule has 0 amide bonds. The van der Waals surface area contributed by atoms with Crippen molar-refractivity contribution in [3.8, 4) is 28.4 Å². The fourth-order valence-corrected chi connectivity index (χ4v) is 4.66. The van der Waals surface area contributed by atoms with Crippen molar-refractivity contribution in [3.63, 3.8) is 0 Å². The molecule has 1 N–H and O–H groups in total. The lowest BCUT2D eigenvalue weighted by Crippen LogP contribution is -2.52. The van der Waals surface area contributed by atoms with E-state index >= 15 is 0 Å². The molecule has 170 valence electrons. The van der Waals surface area contributed by atoms with Crippen molar-refractivity contribution in [2.45, 2.75) is 45.8 Å². The van der Waals surface area contributed by atoms with Crippen LogP contribution in [0.3, 0.4) is 0 Å². The number of hydrogen-bond acceptors (Lipinski definition) is 6. The monoisotopic (exact) mass is 443 g/mol. The second-order valence-corrected chi connectivity index (χ2v) is 8.62. The Hall–Kier alpha value is -3.22. The SMILES string of the molecule is [2H]C([2H])([2H])Oc1ccc(-c2ccc3c(c2)COC3=O)c(OC(C(C)C)C2(C(=O)O)CCC2)c1OC. The Bertz CT molecular complexity index is 1150. The second-order valence-electron chi connectivity index (χ2n) is 8.62. The summed E-state index contributed by atoms with van der Waals surface area (Å²) in [7, 11) is -1.36. The van der Waals surface area contributed by atoms with Gasteiger partial charge in [-0.25, -0.2) is 4.79 Å². The molecule has 0 bridgehead atoms. The third-order valence-electron chi connectivity index (χ3n) is 6.45. The Labute approximate surface area is 191 Å². The summed E-state index contributed by atoms with van der Waals surface area (Å²) in [5, 5.41) is 10.1. The number of carbonyl (C=O) groups is 2. The lowest BCUT2D eigenvalue weighted by Gasteiger charge is -2.45. The zero-order valence-electron chi connectivity index (χ0n) is 21.3. The van der Waals surface area contributed by atoms with Crippen LogP contribution >= 0.6 is 0 Å². The first-order valence-electron chi connectivity index (χ1n) is 12.1. The molecule has 0 spiro atoms. The lowest BCUT2D eigenvalue weighted by molar-refractivity contribution is -0.166. The highest BCUT2D eigenvalue weighted by Gasteiger charge is 2.53. The van der Waals surface area contributed by atoms with Gasteiger partial charge in [0, 0.05) is 11.1 Å². The average molecular weight is 444 g/mol. The molecule has 7 heteroatoms. The van der Waals surface area contributed by atoms with E-state index in [1.807, 2.05) is 13.8 Å². The van der Waals surface area contributed by atoms with E-state index in [4.69, 9.17) is 23.1 Å². The van der Waals surface area contributed by atoms with E-state index < -0.39 is 30.5 Å². The summed E-state index contributed by atoms with van der Waals surface area (Å²) >= 11 is 0. The van der Waals surface area contributed by atoms with E-state index in [2.05, 4.69) is 0 Å². The normalized spacial score (nSPS) is 19.0. The highest BCUT2D eigenvalue weighted by molar-refractivity contribution is 5.94. The smallest absolute Gasteiger partial charge is 0.338 e. The molecule has 2 aromatic rings. The minimum absolute atomic E-state index is 0.0496. The first-order chi connectivity index (χ1) is 16.5. The van der Waals surface area contributed by atoms with Crippen molar-refractivity contribution in [2.24, 2.45) is 11.3 Å². The molecule has 1 heterocycles. The third-order valence-corrected chi connectivity index (χ3v) is 6.45. The van der Waals surface area contributed by atoms with Crippen molar-refractivity contribution in [2.75, 3.05) is 14.1 Å². The third kappa shape index (κ3) is 3.45. The molecule has 32 heavy (non-hydrogen) atoms. The van der Waals surface area contributed by atoms with E-state index in [-0.39, 0.29) is 29.8 Å². The van der Waals surface area contributed by atoms with Crippen LogP contribution in [-0.2, 0) is 16.1 Å². The number of ether oxygens (including phenoxy) is 4. The lowest BCUT2D eigenvalue weighted by atomic mass is 9.62. The summed E-state index contributed by atoms with van der Waals surface area (Å²) in [5.41, 5.74) is 1.35. The summed E-state index contributed by atoms with van der Waals surface area (Å²) in [6.45, 7) is 3.92. The largest absolute Gasteiger partial charge is 0.493 e. The van der Waals surface area contributed by atoms with Gasteiger partial charge < -0.3 is 24.1 Å². The number of carboxylic acids is 1.